The molecule has 8 heteroatoms. The third-order valence-electron chi connectivity index (χ3n) is 2.36. The van der Waals surface area contributed by atoms with Crippen LogP contribution < -0.4 is 0 Å². The topological polar surface area (TPSA) is 148 Å². The van der Waals surface area contributed by atoms with Crippen LogP contribution in [0.3, 0.4) is 0 Å². The molecule has 0 aromatic heterocycles. The lowest BCUT2D eigenvalue weighted by molar-refractivity contribution is -0.173. The van der Waals surface area contributed by atoms with Crippen molar-refractivity contribution in [2.24, 2.45) is 0 Å². The van der Waals surface area contributed by atoms with Crippen LogP contribution >= 0.6 is 0 Å². The fourth-order valence-electron chi connectivity index (χ4n) is 1.20. The molecule has 0 fully saturated rings. The normalized spacial score (nSPS) is 20.4. The van der Waals surface area contributed by atoms with Gasteiger partial charge < -0.3 is 35.4 Å². The van der Waals surface area contributed by atoms with Gasteiger partial charge in [0, 0.05) is 0 Å². The van der Waals surface area contributed by atoms with Gasteiger partial charge in [0.25, 0.3) is 0 Å². The van der Waals surface area contributed by atoms with E-state index in [9.17, 15) is 25.2 Å². The zero-order valence-electron chi connectivity index (χ0n) is 11.1. The molecule has 0 aliphatic carbocycles. The lowest BCUT2D eigenvalue weighted by Gasteiger charge is -2.29. The molecule has 0 amide bonds. The number of rotatable bonds is 7. The molecular weight excluding hydrogens is 260 g/mol. The molecule has 0 heterocycles. The molecule has 0 bridgehead atoms. The van der Waals surface area contributed by atoms with E-state index in [1.54, 1.807) is 20.8 Å². The summed E-state index contributed by atoms with van der Waals surface area (Å²) >= 11 is 0. The molecular formula is C11H22O8. The molecule has 0 spiro atoms. The Labute approximate surface area is 110 Å². The minimum Gasteiger partial charge on any atom is -0.479 e. The Bertz CT molecular complexity index is 287. The summed E-state index contributed by atoms with van der Waals surface area (Å²) in [6.07, 6.45) is -9.81. The summed E-state index contributed by atoms with van der Waals surface area (Å²) in [5.41, 5.74) is -0.579. The van der Waals surface area contributed by atoms with Crippen LogP contribution in [0, 0.1) is 0 Å². The number of carboxylic acids is 1. The number of carbonyl (C=O) groups is 1. The molecule has 0 rings (SSSR count). The summed E-state index contributed by atoms with van der Waals surface area (Å²) in [4.78, 5) is 10.4. The van der Waals surface area contributed by atoms with Gasteiger partial charge in [0.2, 0.25) is 0 Å². The first-order valence-corrected chi connectivity index (χ1v) is 5.74. The van der Waals surface area contributed by atoms with Crippen molar-refractivity contribution in [3.05, 3.63) is 0 Å². The summed E-state index contributed by atoms with van der Waals surface area (Å²) < 4.78 is 5.17. The Balaban J connectivity index is 4.46. The monoisotopic (exact) mass is 282 g/mol. The van der Waals surface area contributed by atoms with Gasteiger partial charge in [-0.05, 0) is 20.8 Å². The summed E-state index contributed by atoms with van der Waals surface area (Å²) in [6, 6.07) is 0. The van der Waals surface area contributed by atoms with Crippen LogP contribution in [0.25, 0.3) is 0 Å². The highest BCUT2D eigenvalue weighted by atomic mass is 16.5. The fourth-order valence-corrected chi connectivity index (χ4v) is 1.20. The first-order valence-electron chi connectivity index (χ1n) is 5.74. The van der Waals surface area contributed by atoms with Crippen LogP contribution in [0.2, 0.25) is 0 Å². The molecule has 114 valence electrons. The van der Waals surface area contributed by atoms with Crippen LogP contribution in [-0.2, 0) is 9.53 Å². The minimum atomic E-state index is -2.26. The van der Waals surface area contributed by atoms with Crippen molar-refractivity contribution in [3.63, 3.8) is 0 Å². The summed E-state index contributed by atoms with van der Waals surface area (Å²) in [5.74, 6) is -1.75. The summed E-state index contributed by atoms with van der Waals surface area (Å²) in [6.45, 7) is 4.82. The van der Waals surface area contributed by atoms with Gasteiger partial charge in [-0.2, -0.15) is 0 Å². The quantitative estimate of drug-likeness (QED) is 0.305. The SMILES string of the molecule is CC(C)(C)OCC(O)[C@@H](O)[C@H](O)C(O)[C@H](O)C(=O)O. The van der Waals surface area contributed by atoms with E-state index in [0.717, 1.165) is 0 Å². The van der Waals surface area contributed by atoms with Gasteiger partial charge >= 0.3 is 5.97 Å². The predicted molar refractivity (Wildman–Crippen MR) is 63.4 cm³/mol. The number of aliphatic carboxylic acids is 1. The fraction of sp³-hybridized carbons (Fsp3) is 0.909. The molecule has 0 aliphatic rings. The first-order chi connectivity index (χ1) is 8.47. The van der Waals surface area contributed by atoms with Gasteiger partial charge in [-0.1, -0.05) is 0 Å². The third kappa shape index (κ3) is 6.28. The number of hydrogen-bond acceptors (Lipinski definition) is 7. The lowest BCUT2D eigenvalue weighted by Crippen LogP contribution is -2.52. The smallest absolute Gasteiger partial charge is 0.335 e. The number of aliphatic hydroxyl groups is 5. The molecule has 0 radical (unpaired) electrons. The van der Waals surface area contributed by atoms with Crippen molar-refractivity contribution in [2.75, 3.05) is 6.61 Å². The van der Waals surface area contributed by atoms with Gasteiger partial charge in [-0.25, -0.2) is 4.79 Å². The van der Waals surface area contributed by atoms with Crippen molar-refractivity contribution in [2.45, 2.75) is 56.9 Å². The van der Waals surface area contributed by atoms with E-state index in [0.29, 0.717) is 0 Å². The Morgan fingerprint density at radius 2 is 1.47 bits per heavy atom. The summed E-state index contributed by atoms with van der Waals surface area (Å²) in [5, 5.41) is 55.3. The molecule has 0 saturated carbocycles. The minimum absolute atomic E-state index is 0.322. The van der Waals surface area contributed by atoms with E-state index >= 15 is 0 Å². The van der Waals surface area contributed by atoms with Gasteiger partial charge in [0.1, 0.15) is 24.4 Å². The first kappa shape index (κ1) is 18.2. The van der Waals surface area contributed by atoms with Crippen molar-refractivity contribution in [1.29, 1.82) is 0 Å². The maximum absolute atomic E-state index is 10.4. The molecule has 6 N–H and O–H groups in total. The van der Waals surface area contributed by atoms with Gasteiger partial charge in [-0.3, -0.25) is 0 Å². The predicted octanol–water partition coefficient (Wildman–Crippen LogP) is -2.31. The van der Waals surface area contributed by atoms with Crippen molar-refractivity contribution in [1.82, 2.24) is 0 Å². The molecule has 0 aromatic carbocycles. The Kier molecular flexibility index (Phi) is 6.84. The lowest BCUT2D eigenvalue weighted by atomic mass is 9.99. The Morgan fingerprint density at radius 3 is 1.84 bits per heavy atom. The highest BCUT2D eigenvalue weighted by molar-refractivity contribution is 5.72. The maximum atomic E-state index is 10.4. The van der Waals surface area contributed by atoms with Crippen LogP contribution in [0.1, 0.15) is 20.8 Å². The highest BCUT2D eigenvalue weighted by Gasteiger charge is 2.37. The molecule has 19 heavy (non-hydrogen) atoms. The number of ether oxygens (including phenoxy) is 1. The Hall–Kier alpha value is -0.770. The van der Waals surface area contributed by atoms with Crippen LogP contribution in [0.15, 0.2) is 0 Å². The van der Waals surface area contributed by atoms with Crippen molar-refractivity contribution in [3.8, 4) is 0 Å². The zero-order chi connectivity index (χ0) is 15.4. The van der Waals surface area contributed by atoms with Gasteiger partial charge in [0.15, 0.2) is 6.10 Å². The highest BCUT2D eigenvalue weighted by Crippen LogP contribution is 2.12. The number of hydrogen-bond donors (Lipinski definition) is 6. The average molecular weight is 282 g/mol. The van der Waals surface area contributed by atoms with E-state index in [2.05, 4.69) is 0 Å². The van der Waals surface area contributed by atoms with Crippen LogP contribution in [0.5, 0.6) is 0 Å². The molecule has 5 atom stereocenters. The van der Waals surface area contributed by atoms with Crippen LogP contribution in [0.4, 0.5) is 0 Å². The molecule has 0 saturated heterocycles. The molecule has 0 aliphatic heterocycles. The van der Waals surface area contributed by atoms with E-state index in [-0.39, 0.29) is 6.61 Å². The van der Waals surface area contributed by atoms with Crippen molar-refractivity contribution < 1.29 is 40.2 Å². The van der Waals surface area contributed by atoms with Gasteiger partial charge in [0.05, 0.1) is 12.2 Å². The average Bonchev–Trinajstić information content (AvgIpc) is 2.30. The van der Waals surface area contributed by atoms with Crippen molar-refractivity contribution >= 4 is 5.97 Å². The second-order valence-electron chi connectivity index (χ2n) is 5.25. The zero-order valence-corrected chi connectivity index (χ0v) is 11.1. The standard InChI is InChI=1S/C11H22O8/c1-11(2,3)19-4-5(12)6(13)7(14)8(15)9(16)10(17)18/h5-9,12-16H,4H2,1-3H3,(H,17,18)/t5?,6-,7+,8?,9+/m1/s1. The maximum Gasteiger partial charge on any atom is 0.335 e. The van der Waals surface area contributed by atoms with E-state index in [1.807, 2.05) is 0 Å². The number of aliphatic hydroxyl groups excluding tert-OH is 5. The second kappa shape index (κ2) is 7.13. The molecule has 0 aromatic rings. The van der Waals surface area contributed by atoms with E-state index < -0.39 is 42.1 Å². The number of carboxylic acid groups (broad SMARTS) is 1. The Morgan fingerprint density at radius 1 is 1.00 bits per heavy atom. The van der Waals surface area contributed by atoms with Crippen LogP contribution in [-0.4, -0.2) is 79.3 Å². The third-order valence-corrected chi connectivity index (χ3v) is 2.36. The molecule has 2 unspecified atom stereocenters. The second-order valence-corrected chi connectivity index (χ2v) is 5.25. The largest absolute Gasteiger partial charge is 0.479 e. The van der Waals surface area contributed by atoms with E-state index in [1.165, 1.54) is 0 Å². The van der Waals surface area contributed by atoms with E-state index in [4.69, 9.17) is 14.9 Å². The summed E-state index contributed by atoms with van der Waals surface area (Å²) in [7, 11) is 0. The van der Waals surface area contributed by atoms with Gasteiger partial charge in [-0.15, -0.1) is 0 Å². The molecule has 8 nitrogen and oxygen atoms in total.